The van der Waals surface area contributed by atoms with Gasteiger partial charge in [0.15, 0.2) is 0 Å². The van der Waals surface area contributed by atoms with Crippen molar-refractivity contribution >= 4 is 21.6 Å². The standard InChI is InChI=1S/C14H22ClNO2S/c1-10(2)7-13(9-15)16-19(17,18)14-8-11(3)5-6-12(14)4/h5-6,8,10,13,16H,7,9H2,1-4H3. The minimum absolute atomic E-state index is 0.230. The van der Waals surface area contributed by atoms with E-state index in [4.69, 9.17) is 11.6 Å². The summed E-state index contributed by atoms with van der Waals surface area (Å²) >= 11 is 5.85. The number of sulfonamides is 1. The fourth-order valence-electron chi connectivity index (χ4n) is 1.99. The number of benzene rings is 1. The lowest BCUT2D eigenvalue weighted by atomic mass is 10.1. The molecule has 1 aromatic rings. The SMILES string of the molecule is Cc1ccc(C)c(S(=O)(=O)NC(CCl)CC(C)C)c1. The van der Waals surface area contributed by atoms with E-state index >= 15 is 0 Å². The van der Waals surface area contributed by atoms with Gasteiger partial charge in [-0.3, -0.25) is 0 Å². The molecule has 0 aromatic heterocycles. The zero-order valence-electron chi connectivity index (χ0n) is 11.9. The minimum atomic E-state index is -3.50. The van der Waals surface area contributed by atoms with E-state index in [0.717, 1.165) is 17.5 Å². The molecule has 19 heavy (non-hydrogen) atoms. The topological polar surface area (TPSA) is 46.2 Å². The first kappa shape index (κ1) is 16.5. The Morgan fingerprint density at radius 2 is 1.89 bits per heavy atom. The molecule has 1 rings (SSSR count). The van der Waals surface area contributed by atoms with E-state index in [2.05, 4.69) is 4.72 Å². The summed E-state index contributed by atoms with van der Waals surface area (Å²) in [4.78, 5) is 0.339. The van der Waals surface area contributed by atoms with Crippen LogP contribution in [0.15, 0.2) is 23.1 Å². The van der Waals surface area contributed by atoms with Crippen LogP contribution in [0, 0.1) is 19.8 Å². The molecule has 0 bridgehead atoms. The molecule has 108 valence electrons. The minimum Gasteiger partial charge on any atom is -0.207 e. The molecule has 0 fully saturated rings. The van der Waals surface area contributed by atoms with Crippen molar-refractivity contribution in [3.8, 4) is 0 Å². The Morgan fingerprint density at radius 1 is 1.26 bits per heavy atom. The van der Waals surface area contributed by atoms with Gasteiger partial charge in [0.25, 0.3) is 0 Å². The maximum atomic E-state index is 12.4. The van der Waals surface area contributed by atoms with Crippen LogP contribution < -0.4 is 4.72 Å². The first-order chi connectivity index (χ1) is 8.76. The highest BCUT2D eigenvalue weighted by Gasteiger charge is 2.22. The smallest absolute Gasteiger partial charge is 0.207 e. The molecule has 1 N–H and O–H groups in total. The van der Waals surface area contributed by atoms with Gasteiger partial charge in [-0.25, -0.2) is 13.1 Å². The average molecular weight is 304 g/mol. The fourth-order valence-corrected chi connectivity index (χ4v) is 3.86. The number of hydrogen-bond acceptors (Lipinski definition) is 2. The third-order valence-electron chi connectivity index (χ3n) is 2.90. The fraction of sp³-hybridized carbons (Fsp3) is 0.571. The molecule has 3 nitrogen and oxygen atoms in total. The lowest BCUT2D eigenvalue weighted by Crippen LogP contribution is -2.37. The summed E-state index contributed by atoms with van der Waals surface area (Å²) in [5, 5.41) is 0. The predicted octanol–water partition coefficient (Wildman–Crippen LogP) is 3.24. The van der Waals surface area contributed by atoms with Gasteiger partial charge in [-0.1, -0.05) is 26.0 Å². The van der Waals surface area contributed by atoms with E-state index < -0.39 is 10.0 Å². The molecular formula is C14H22ClNO2S. The second-order valence-electron chi connectivity index (χ2n) is 5.37. The molecule has 0 amide bonds. The van der Waals surface area contributed by atoms with Crippen LogP contribution in [0.3, 0.4) is 0 Å². The average Bonchev–Trinajstić information content (AvgIpc) is 2.30. The van der Waals surface area contributed by atoms with E-state index in [9.17, 15) is 8.42 Å². The number of rotatable bonds is 6. The summed E-state index contributed by atoms with van der Waals surface area (Å²) in [7, 11) is -3.50. The van der Waals surface area contributed by atoms with Crippen molar-refractivity contribution in [2.75, 3.05) is 5.88 Å². The first-order valence-electron chi connectivity index (χ1n) is 6.41. The van der Waals surface area contributed by atoms with Gasteiger partial charge < -0.3 is 0 Å². The third kappa shape index (κ3) is 4.79. The first-order valence-corrected chi connectivity index (χ1v) is 8.43. The molecule has 0 saturated heterocycles. The molecule has 0 heterocycles. The lowest BCUT2D eigenvalue weighted by molar-refractivity contribution is 0.485. The van der Waals surface area contributed by atoms with Gasteiger partial charge in [-0.15, -0.1) is 11.6 Å². The van der Waals surface area contributed by atoms with Crippen molar-refractivity contribution < 1.29 is 8.42 Å². The van der Waals surface area contributed by atoms with Gasteiger partial charge >= 0.3 is 0 Å². The lowest BCUT2D eigenvalue weighted by Gasteiger charge is -2.19. The van der Waals surface area contributed by atoms with E-state index in [-0.39, 0.29) is 11.9 Å². The van der Waals surface area contributed by atoms with E-state index in [1.807, 2.05) is 32.9 Å². The summed E-state index contributed by atoms with van der Waals surface area (Å²) in [6, 6.07) is 5.19. The van der Waals surface area contributed by atoms with Crippen LogP contribution >= 0.6 is 11.6 Å². The van der Waals surface area contributed by atoms with E-state index in [1.54, 1.807) is 13.0 Å². The summed E-state index contributed by atoms with van der Waals surface area (Å²) in [5.41, 5.74) is 1.67. The second kappa shape index (κ2) is 6.73. The molecule has 1 atom stereocenters. The quantitative estimate of drug-likeness (QED) is 0.820. The van der Waals surface area contributed by atoms with Crippen molar-refractivity contribution in [2.45, 2.75) is 45.1 Å². The molecule has 1 aromatic carbocycles. The largest absolute Gasteiger partial charge is 0.241 e. The van der Waals surface area contributed by atoms with Gasteiger partial charge in [-0.2, -0.15) is 0 Å². The van der Waals surface area contributed by atoms with Crippen molar-refractivity contribution in [1.82, 2.24) is 4.72 Å². The van der Waals surface area contributed by atoms with Gasteiger partial charge in [-0.05, 0) is 43.4 Å². The van der Waals surface area contributed by atoms with Gasteiger partial charge in [0, 0.05) is 11.9 Å². The maximum Gasteiger partial charge on any atom is 0.241 e. The summed E-state index contributed by atoms with van der Waals surface area (Å²) in [6.07, 6.45) is 0.730. The van der Waals surface area contributed by atoms with Crippen LogP contribution in [0.25, 0.3) is 0 Å². The van der Waals surface area contributed by atoms with Crippen molar-refractivity contribution in [3.63, 3.8) is 0 Å². The molecule has 0 spiro atoms. The van der Waals surface area contributed by atoms with Crippen molar-refractivity contribution in [3.05, 3.63) is 29.3 Å². The monoisotopic (exact) mass is 303 g/mol. The van der Waals surface area contributed by atoms with E-state index in [1.165, 1.54) is 0 Å². The molecule has 0 saturated carbocycles. The Bertz CT molecular complexity index is 526. The molecule has 1 unspecified atom stereocenters. The number of hydrogen-bond donors (Lipinski definition) is 1. The zero-order valence-corrected chi connectivity index (χ0v) is 13.5. The molecular weight excluding hydrogens is 282 g/mol. The van der Waals surface area contributed by atoms with E-state index in [0.29, 0.717) is 10.8 Å². The highest BCUT2D eigenvalue weighted by Crippen LogP contribution is 2.18. The van der Waals surface area contributed by atoms with Crippen LogP contribution in [-0.2, 0) is 10.0 Å². The number of halogens is 1. The number of aryl methyl sites for hydroxylation is 2. The maximum absolute atomic E-state index is 12.4. The number of alkyl halides is 1. The Balaban J connectivity index is 3.00. The molecule has 5 heteroatoms. The normalized spacial score (nSPS) is 13.8. The third-order valence-corrected chi connectivity index (χ3v) is 4.93. The Labute approximate surface area is 121 Å². The highest BCUT2D eigenvalue weighted by molar-refractivity contribution is 7.89. The Morgan fingerprint density at radius 3 is 2.42 bits per heavy atom. The van der Waals surface area contributed by atoms with Gasteiger partial charge in [0.2, 0.25) is 10.0 Å². The molecule has 0 aliphatic rings. The van der Waals surface area contributed by atoms with Crippen LogP contribution in [0.5, 0.6) is 0 Å². The summed E-state index contributed by atoms with van der Waals surface area (Å²) in [6.45, 7) is 7.77. The van der Waals surface area contributed by atoms with Gasteiger partial charge in [0.05, 0.1) is 4.90 Å². The molecule has 0 aliphatic heterocycles. The highest BCUT2D eigenvalue weighted by atomic mass is 35.5. The van der Waals surface area contributed by atoms with Crippen molar-refractivity contribution in [2.24, 2.45) is 5.92 Å². The van der Waals surface area contributed by atoms with Crippen LogP contribution in [-0.4, -0.2) is 20.3 Å². The Kier molecular flexibility index (Phi) is 5.83. The molecule has 0 aliphatic carbocycles. The predicted molar refractivity (Wildman–Crippen MR) is 80.2 cm³/mol. The van der Waals surface area contributed by atoms with Gasteiger partial charge in [0.1, 0.15) is 0 Å². The number of nitrogens with one attached hydrogen (secondary N) is 1. The van der Waals surface area contributed by atoms with Crippen LogP contribution in [0.1, 0.15) is 31.4 Å². The summed E-state index contributed by atoms with van der Waals surface area (Å²) < 4.78 is 27.5. The Hall–Kier alpha value is -0.580. The zero-order chi connectivity index (χ0) is 14.6. The summed E-state index contributed by atoms with van der Waals surface area (Å²) in [5.74, 6) is 0.674. The van der Waals surface area contributed by atoms with Crippen LogP contribution in [0.2, 0.25) is 0 Å². The van der Waals surface area contributed by atoms with Crippen molar-refractivity contribution in [1.29, 1.82) is 0 Å². The second-order valence-corrected chi connectivity index (χ2v) is 7.36. The molecule has 0 radical (unpaired) electrons. The van der Waals surface area contributed by atoms with Crippen LogP contribution in [0.4, 0.5) is 0 Å².